The molecule has 0 spiro atoms. The van der Waals surface area contributed by atoms with E-state index < -0.39 is 0 Å². The maximum atomic E-state index is 5.55. The fraction of sp³-hybridized carbons (Fsp3) is 0.812. The summed E-state index contributed by atoms with van der Waals surface area (Å²) in [6, 6.07) is 0.545. The molecule has 2 bridgehead atoms. The van der Waals surface area contributed by atoms with Gasteiger partial charge in [-0.3, -0.25) is 0 Å². The Morgan fingerprint density at radius 3 is 2.58 bits per heavy atom. The van der Waals surface area contributed by atoms with Crippen molar-refractivity contribution >= 4 is 12.2 Å². The number of aromatic nitrogens is 2. The maximum Gasteiger partial charge on any atom is 0.177 e. The quantitative estimate of drug-likeness (QED) is 0.768. The lowest BCUT2D eigenvalue weighted by atomic mass is 9.83. The molecular formula is C16H26N2S. The van der Waals surface area contributed by atoms with E-state index in [2.05, 4.69) is 43.4 Å². The van der Waals surface area contributed by atoms with Crippen molar-refractivity contribution in [3.8, 4) is 0 Å². The Bertz CT molecular complexity index is 520. The van der Waals surface area contributed by atoms with Crippen molar-refractivity contribution in [1.29, 1.82) is 0 Å². The molecule has 4 atom stereocenters. The first-order chi connectivity index (χ1) is 8.88. The maximum absolute atomic E-state index is 5.55. The van der Waals surface area contributed by atoms with Gasteiger partial charge in [0.1, 0.15) is 0 Å². The predicted octanol–water partition coefficient (Wildman–Crippen LogP) is 4.84. The van der Waals surface area contributed by atoms with Crippen molar-refractivity contribution in [3.05, 3.63) is 16.7 Å². The molecule has 2 saturated carbocycles. The number of nitrogens with zero attached hydrogens (tertiary/aromatic N) is 1. The molecular weight excluding hydrogens is 252 g/mol. The Labute approximate surface area is 121 Å². The zero-order valence-electron chi connectivity index (χ0n) is 12.6. The van der Waals surface area contributed by atoms with E-state index in [1.54, 1.807) is 0 Å². The molecule has 0 aromatic carbocycles. The molecule has 4 unspecified atom stereocenters. The summed E-state index contributed by atoms with van der Waals surface area (Å²) in [5.74, 6) is 2.79. The minimum absolute atomic E-state index is 0.152. The Morgan fingerprint density at radius 1 is 1.32 bits per heavy atom. The number of hydrogen-bond acceptors (Lipinski definition) is 1. The van der Waals surface area contributed by atoms with Crippen LogP contribution in [0.3, 0.4) is 0 Å². The first-order valence-corrected chi connectivity index (χ1v) is 8.09. The minimum atomic E-state index is 0.152. The average Bonchev–Trinajstić information content (AvgIpc) is 3.00. The molecule has 0 aliphatic heterocycles. The van der Waals surface area contributed by atoms with Crippen molar-refractivity contribution in [2.75, 3.05) is 0 Å². The van der Waals surface area contributed by atoms with Gasteiger partial charge in [0.05, 0.1) is 0 Å². The van der Waals surface area contributed by atoms with Crippen LogP contribution in [0.4, 0.5) is 0 Å². The summed E-state index contributed by atoms with van der Waals surface area (Å²) in [4.78, 5) is 3.27. The van der Waals surface area contributed by atoms with Crippen LogP contribution in [-0.2, 0) is 5.41 Å². The molecule has 19 heavy (non-hydrogen) atoms. The highest BCUT2D eigenvalue weighted by Gasteiger charge is 2.43. The van der Waals surface area contributed by atoms with Crippen LogP contribution < -0.4 is 0 Å². The van der Waals surface area contributed by atoms with E-state index in [4.69, 9.17) is 12.2 Å². The van der Waals surface area contributed by atoms with Gasteiger partial charge in [0.25, 0.3) is 0 Å². The zero-order valence-corrected chi connectivity index (χ0v) is 13.4. The van der Waals surface area contributed by atoms with Gasteiger partial charge in [0, 0.05) is 23.3 Å². The highest BCUT2D eigenvalue weighted by Crippen LogP contribution is 2.52. The highest BCUT2D eigenvalue weighted by molar-refractivity contribution is 7.71. The van der Waals surface area contributed by atoms with Gasteiger partial charge >= 0.3 is 0 Å². The number of H-pyrrole nitrogens is 1. The summed E-state index contributed by atoms with van der Waals surface area (Å²) in [5.41, 5.74) is 1.51. The molecule has 1 heterocycles. The number of fused-ring (bicyclic) bond motifs is 2. The molecule has 3 heteroatoms. The fourth-order valence-electron chi connectivity index (χ4n) is 4.44. The molecule has 2 nitrogen and oxygen atoms in total. The van der Waals surface area contributed by atoms with E-state index in [1.807, 2.05) is 0 Å². The average molecular weight is 278 g/mol. The van der Waals surface area contributed by atoms with Gasteiger partial charge in [0.15, 0.2) is 4.77 Å². The molecule has 2 aliphatic carbocycles. The Kier molecular flexibility index (Phi) is 3.16. The summed E-state index contributed by atoms with van der Waals surface area (Å²) < 4.78 is 3.31. The molecule has 106 valence electrons. The van der Waals surface area contributed by atoms with E-state index in [-0.39, 0.29) is 5.41 Å². The van der Waals surface area contributed by atoms with Crippen LogP contribution in [0.15, 0.2) is 6.20 Å². The van der Waals surface area contributed by atoms with Crippen LogP contribution in [0.5, 0.6) is 0 Å². The zero-order chi connectivity index (χ0) is 13.8. The number of aromatic amines is 1. The van der Waals surface area contributed by atoms with Crippen LogP contribution in [0, 0.1) is 22.5 Å². The monoisotopic (exact) mass is 278 g/mol. The summed E-state index contributed by atoms with van der Waals surface area (Å²) >= 11 is 5.55. The Balaban J connectivity index is 1.94. The van der Waals surface area contributed by atoms with Gasteiger partial charge < -0.3 is 9.55 Å². The van der Waals surface area contributed by atoms with E-state index in [1.165, 1.54) is 31.4 Å². The van der Waals surface area contributed by atoms with Crippen LogP contribution in [0.1, 0.15) is 65.1 Å². The molecule has 1 aromatic rings. The van der Waals surface area contributed by atoms with Crippen molar-refractivity contribution < 1.29 is 0 Å². The second-order valence-corrected chi connectivity index (χ2v) is 8.07. The lowest BCUT2D eigenvalue weighted by molar-refractivity contribution is 0.234. The van der Waals surface area contributed by atoms with Crippen LogP contribution in [0.25, 0.3) is 0 Å². The Morgan fingerprint density at radius 2 is 2.05 bits per heavy atom. The van der Waals surface area contributed by atoms with Crippen LogP contribution in [-0.4, -0.2) is 9.55 Å². The third-order valence-electron chi connectivity index (χ3n) is 5.40. The summed E-state index contributed by atoms with van der Waals surface area (Å²) in [7, 11) is 0. The van der Waals surface area contributed by atoms with E-state index in [0.29, 0.717) is 6.04 Å². The van der Waals surface area contributed by atoms with E-state index >= 15 is 0 Å². The van der Waals surface area contributed by atoms with Crippen LogP contribution in [0.2, 0.25) is 0 Å². The molecule has 1 aromatic heterocycles. The first-order valence-electron chi connectivity index (χ1n) is 7.68. The number of hydrogen-bond donors (Lipinski definition) is 1. The molecule has 2 fully saturated rings. The fourth-order valence-corrected chi connectivity index (χ4v) is 4.76. The smallest absolute Gasteiger partial charge is 0.177 e. The van der Waals surface area contributed by atoms with Crippen molar-refractivity contribution in [1.82, 2.24) is 9.55 Å². The normalized spacial score (nSPS) is 31.9. The topological polar surface area (TPSA) is 20.7 Å². The Hall–Kier alpha value is -0.570. The largest absolute Gasteiger partial charge is 0.337 e. The second-order valence-electron chi connectivity index (χ2n) is 7.68. The van der Waals surface area contributed by atoms with Gasteiger partial charge in [0.2, 0.25) is 0 Å². The van der Waals surface area contributed by atoms with E-state index in [9.17, 15) is 0 Å². The minimum Gasteiger partial charge on any atom is -0.337 e. The lowest BCUT2D eigenvalue weighted by Crippen LogP contribution is -2.27. The summed E-state index contributed by atoms with van der Waals surface area (Å²) in [6.45, 7) is 9.20. The van der Waals surface area contributed by atoms with Crippen LogP contribution >= 0.6 is 12.2 Å². The van der Waals surface area contributed by atoms with Crippen molar-refractivity contribution in [3.63, 3.8) is 0 Å². The molecule has 0 amide bonds. The van der Waals surface area contributed by atoms with Gasteiger partial charge in [-0.25, -0.2) is 0 Å². The van der Waals surface area contributed by atoms with Crippen molar-refractivity contribution in [2.24, 2.45) is 17.8 Å². The molecule has 0 saturated heterocycles. The third-order valence-corrected chi connectivity index (χ3v) is 5.71. The SMILES string of the molecule is CC(C1CC2CCC1C2)n1c(C(C)(C)C)c[nH]c1=S. The van der Waals surface area contributed by atoms with E-state index in [0.717, 1.165) is 22.5 Å². The molecule has 2 aliphatic rings. The third kappa shape index (κ3) is 2.20. The van der Waals surface area contributed by atoms with Crippen molar-refractivity contribution in [2.45, 2.75) is 64.8 Å². The first kappa shape index (κ1) is 13.4. The molecule has 0 radical (unpaired) electrons. The van der Waals surface area contributed by atoms with Gasteiger partial charge in [-0.2, -0.15) is 0 Å². The summed E-state index contributed by atoms with van der Waals surface area (Å²) in [6.07, 6.45) is 7.92. The second kappa shape index (κ2) is 4.47. The summed E-state index contributed by atoms with van der Waals surface area (Å²) in [5, 5.41) is 0. The molecule has 1 N–H and O–H groups in total. The highest BCUT2D eigenvalue weighted by atomic mass is 32.1. The molecule has 3 rings (SSSR count). The van der Waals surface area contributed by atoms with Gasteiger partial charge in [-0.05, 0) is 56.2 Å². The van der Waals surface area contributed by atoms with Gasteiger partial charge in [-0.1, -0.05) is 27.2 Å². The predicted molar refractivity (Wildman–Crippen MR) is 82.0 cm³/mol. The number of rotatable bonds is 2. The van der Waals surface area contributed by atoms with Gasteiger partial charge in [-0.15, -0.1) is 0 Å². The standard InChI is InChI=1S/C16H26N2S/c1-10(13-8-11-5-6-12(13)7-11)18-14(16(2,3)4)9-17-15(18)19/h9-13H,5-8H2,1-4H3,(H,17,19). The number of imidazole rings is 1. The lowest BCUT2D eigenvalue weighted by Gasteiger charge is -2.32. The number of nitrogens with one attached hydrogen (secondary N) is 1.